The molecule has 1 aromatic heterocycles. The van der Waals surface area contributed by atoms with Gasteiger partial charge in [-0.2, -0.15) is 17.6 Å². The Labute approximate surface area is 193 Å². The minimum atomic E-state index is -5.04. The van der Waals surface area contributed by atoms with E-state index in [4.69, 9.17) is 15.6 Å². The number of methoxy groups -OCH3 is 2. The lowest BCUT2D eigenvalue weighted by Gasteiger charge is -2.31. The molecule has 1 aromatic carbocycles. The lowest BCUT2D eigenvalue weighted by atomic mass is 9.99. The lowest BCUT2D eigenvalue weighted by Crippen LogP contribution is -2.49. The molecule has 0 unspecified atom stereocenters. The molecular weight excluding hydrogens is 487 g/mol. The van der Waals surface area contributed by atoms with Crippen molar-refractivity contribution in [1.29, 1.82) is 4.78 Å². The Kier molecular flexibility index (Phi) is 6.38. The quantitative estimate of drug-likeness (QED) is 0.577. The highest BCUT2D eigenvalue weighted by molar-refractivity contribution is 7.91. The molecule has 14 heteroatoms. The molecule has 1 fully saturated rings. The Hall–Kier alpha value is -3.00. The average Bonchev–Trinajstić information content (AvgIpc) is 3.10. The molecule has 1 amide bonds. The van der Waals surface area contributed by atoms with Gasteiger partial charge >= 0.3 is 6.18 Å². The van der Waals surface area contributed by atoms with E-state index < -0.39 is 69.5 Å². The highest BCUT2D eigenvalue weighted by Gasteiger charge is 2.63. The van der Waals surface area contributed by atoms with Crippen LogP contribution in [-0.4, -0.2) is 59.9 Å². The van der Waals surface area contributed by atoms with Crippen LogP contribution in [0.25, 0.3) is 0 Å². The topological polar surface area (TPSA) is 105 Å². The smallest absolute Gasteiger partial charge is 0.419 e. The molecule has 0 aliphatic carbocycles. The third-order valence-corrected chi connectivity index (χ3v) is 6.30. The van der Waals surface area contributed by atoms with Gasteiger partial charge in [0.05, 0.1) is 30.4 Å². The number of carbonyl (C=O) groups is 1. The van der Waals surface area contributed by atoms with Crippen molar-refractivity contribution in [1.82, 2.24) is 4.98 Å². The van der Waals surface area contributed by atoms with E-state index in [1.165, 1.54) is 6.07 Å². The Balaban J connectivity index is 2.14. The molecule has 2 heterocycles. The summed E-state index contributed by atoms with van der Waals surface area (Å²) in [5.74, 6) is -4.94. The number of amides is 1. The fourth-order valence-corrected chi connectivity index (χ4v) is 4.09. The highest BCUT2D eigenvalue weighted by Crippen LogP contribution is 2.47. The van der Waals surface area contributed by atoms with E-state index in [-0.39, 0.29) is 10.7 Å². The van der Waals surface area contributed by atoms with Gasteiger partial charge in [-0.25, -0.2) is 18.4 Å². The van der Waals surface area contributed by atoms with Crippen LogP contribution in [0, 0.1) is 16.4 Å². The first-order valence-corrected chi connectivity index (χ1v) is 11.5. The Morgan fingerprint density at radius 3 is 2.59 bits per heavy atom. The monoisotopic (exact) mass is 509 g/mol. The van der Waals surface area contributed by atoms with Crippen molar-refractivity contribution in [2.24, 2.45) is 0 Å². The van der Waals surface area contributed by atoms with Crippen LogP contribution < -0.4 is 15.0 Å². The summed E-state index contributed by atoms with van der Waals surface area (Å²) in [5.41, 5.74) is -3.57. The van der Waals surface area contributed by atoms with Crippen LogP contribution in [0.3, 0.4) is 0 Å². The molecule has 0 saturated carbocycles. The molecule has 0 spiro atoms. The van der Waals surface area contributed by atoms with Crippen LogP contribution in [-0.2, 0) is 19.3 Å². The number of pyridine rings is 1. The van der Waals surface area contributed by atoms with Gasteiger partial charge in [-0.15, -0.1) is 0 Å². The van der Waals surface area contributed by atoms with E-state index in [9.17, 15) is 31.0 Å². The molecule has 0 bridgehead atoms. The van der Waals surface area contributed by atoms with Crippen molar-refractivity contribution in [3.05, 3.63) is 42.1 Å². The fourth-order valence-electron chi connectivity index (χ4n) is 3.48. The zero-order valence-corrected chi connectivity index (χ0v) is 18.9. The minimum Gasteiger partial charge on any atom is -0.491 e. The van der Waals surface area contributed by atoms with Gasteiger partial charge in [0.1, 0.15) is 11.0 Å². The van der Waals surface area contributed by atoms with Crippen LogP contribution in [0.1, 0.15) is 7.79 Å². The van der Waals surface area contributed by atoms with Gasteiger partial charge in [-0.3, -0.25) is 4.79 Å². The van der Waals surface area contributed by atoms with Gasteiger partial charge in [-0.1, -0.05) is 0 Å². The second kappa shape index (κ2) is 8.98. The summed E-state index contributed by atoms with van der Waals surface area (Å²) in [6.45, 7) is -1.11. The Morgan fingerprint density at radius 1 is 1.35 bits per heavy atom. The van der Waals surface area contributed by atoms with Crippen molar-refractivity contribution in [3.63, 3.8) is 0 Å². The number of alkyl halides is 3. The first-order chi connectivity index (χ1) is 16.1. The number of anilines is 2. The molecule has 8 nitrogen and oxygen atoms in total. The summed E-state index contributed by atoms with van der Waals surface area (Å²) in [4.78, 5) is 17.6. The number of nitrogens with zero attached hydrogens (tertiary/aromatic N) is 2. The zero-order valence-electron chi connectivity index (χ0n) is 19.1. The van der Waals surface area contributed by atoms with Crippen LogP contribution >= 0.6 is 0 Å². The van der Waals surface area contributed by atoms with Crippen LogP contribution in [0.15, 0.2) is 35.5 Å². The number of halogens is 5. The maximum absolute atomic E-state index is 14.4. The maximum atomic E-state index is 14.4. The van der Waals surface area contributed by atoms with E-state index >= 15 is 0 Å². The first kappa shape index (κ1) is 24.1. The van der Waals surface area contributed by atoms with E-state index in [0.717, 1.165) is 38.8 Å². The number of ether oxygens (including phenoxy) is 2. The molecule has 3 atom stereocenters. The number of hydrogen-bond donors (Lipinski definition) is 2. The lowest BCUT2D eigenvalue weighted by molar-refractivity contribution is -0.261. The number of benzene rings is 1. The number of aromatic nitrogens is 1. The maximum Gasteiger partial charge on any atom is 0.419 e. The van der Waals surface area contributed by atoms with Crippen molar-refractivity contribution in [2.45, 2.75) is 29.2 Å². The Bertz CT molecular complexity index is 1260. The second-order valence-electron chi connectivity index (χ2n) is 7.50. The molecular formula is C20H21F5N4O4S. The SMILES string of the molecule is [2H][C@]1(C(=O)Nc2ccnc([S@](C)(=N)=O)c2)C[C@](OC)(C(F)(F)F)CN1c1ccc(F)c(F)c1OC. The van der Waals surface area contributed by atoms with Crippen LogP contribution in [0.4, 0.5) is 33.3 Å². The summed E-state index contributed by atoms with van der Waals surface area (Å²) in [6, 6.07) is 1.09. The predicted octanol–water partition coefficient (Wildman–Crippen LogP) is 3.57. The van der Waals surface area contributed by atoms with Gasteiger partial charge in [0.15, 0.2) is 17.2 Å². The third-order valence-electron chi connectivity index (χ3n) is 5.28. The highest BCUT2D eigenvalue weighted by atomic mass is 32.2. The summed E-state index contributed by atoms with van der Waals surface area (Å²) < 4.78 is 108. The summed E-state index contributed by atoms with van der Waals surface area (Å²) in [7, 11) is -1.57. The Morgan fingerprint density at radius 2 is 2.03 bits per heavy atom. The zero-order chi connectivity index (χ0) is 26.4. The molecule has 1 aliphatic rings. The van der Waals surface area contributed by atoms with Gasteiger partial charge in [0.25, 0.3) is 0 Å². The molecule has 0 radical (unpaired) electrons. The largest absolute Gasteiger partial charge is 0.491 e. The van der Waals surface area contributed by atoms with Crippen molar-refractivity contribution >= 4 is 27.0 Å². The molecule has 1 aliphatic heterocycles. The molecule has 186 valence electrons. The van der Waals surface area contributed by atoms with Gasteiger partial charge < -0.3 is 19.7 Å². The molecule has 2 N–H and O–H groups in total. The van der Waals surface area contributed by atoms with E-state index in [0.29, 0.717) is 11.0 Å². The van der Waals surface area contributed by atoms with E-state index in [2.05, 4.69) is 10.3 Å². The van der Waals surface area contributed by atoms with Gasteiger partial charge in [-0.05, 0) is 24.3 Å². The molecule has 3 rings (SSSR count). The predicted molar refractivity (Wildman–Crippen MR) is 112 cm³/mol. The van der Waals surface area contributed by atoms with Crippen LogP contribution in [0.5, 0.6) is 5.75 Å². The summed E-state index contributed by atoms with van der Waals surface area (Å²) in [5, 5.41) is 2.06. The first-order valence-electron chi connectivity index (χ1n) is 10.0. The normalized spacial score (nSPS) is 24.9. The summed E-state index contributed by atoms with van der Waals surface area (Å²) >= 11 is 0. The van der Waals surface area contributed by atoms with E-state index in [1.54, 1.807) is 0 Å². The molecule has 2 aromatic rings. The number of rotatable bonds is 6. The molecule has 1 saturated heterocycles. The van der Waals surface area contributed by atoms with Crippen molar-refractivity contribution in [2.75, 3.05) is 37.2 Å². The number of hydrogen-bond acceptors (Lipinski definition) is 7. The van der Waals surface area contributed by atoms with E-state index in [1.807, 2.05) is 0 Å². The van der Waals surface area contributed by atoms with Crippen LogP contribution in [0.2, 0.25) is 0 Å². The number of nitrogens with one attached hydrogen (secondary N) is 2. The number of carbonyl (C=O) groups excluding carboxylic acids is 1. The van der Waals surface area contributed by atoms with Gasteiger partial charge in [0.2, 0.25) is 11.7 Å². The van der Waals surface area contributed by atoms with Crippen molar-refractivity contribution in [3.8, 4) is 5.75 Å². The van der Waals surface area contributed by atoms with Gasteiger partial charge in [0, 0.05) is 31.7 Å². The second-order valence-corrected chi connectivity index (χ2v) is 9.61. The minimum absolute atomic E-state index is 0.0902. The standard InChI is InChI=1S/C20H21F5N4O4S/c1-32-17-13(5-4-12(21)16(17)22)29-10-19(33-2,20(23,24)25)9-14(29)18(30)28-11-6-7-27-15(8-11)34(3,26)31/h4-8,14,26H,9-10H2,1-3H3,(H,27,28,30)/t14-,19-,34-/m1/s1/i14D. The van der Waals surface area contributed by atoms with Crippen molar-refractivity contribution < 1.29 is 41.8 Å². The summed E-state index contributed by atoms with van der Waals surface area (Å²) in [6.07, 6.45) is -4.07. The molecule has 34 heavy (non-hydrogen) atoms. The fraction of sp³-hybridized carbons (Fsp3) is 0.400. The average molecular weight is 509 g/mol. The third kappa shape index (κ3) is 4.64.